The van der Waals surface area contributed by atoms with Crippen LogP contribution in [0.25, 0.3) is 0 Å². The lowest BCUT2D eigenvalue weighted by Gasteiger charge is -2.25. The first kappa shape index (κ1) is 20.4. The average Bonchev–Trinajstić information content (AvgIpc) is 3.55. The molecule has 0 aromatic carbocycles. The van der Waals surface area contributed by atoms with E-state index >= 15 is 0 Å². The molecule has 0 saturated carbocycles. The number of nitrogens with one attached hydrogen (secondary N) is 2. The van der Waals surface area contributed by atoms with Gasteiger partial charge in [0.2, 0.25) is 0 Å². The molecule has 2 aliphatic rings. The summed E-state index contributed by atoms with van der Waals surface area (Å²) in [6.07, 6.45) is 7.71. The number of ether oxygens (including phenoxy) is 1. The van der Waals surface area contributed by atoms with Crippen molar-refractivity contribution >= 4 is 17.3 Å². The Hall–Kier alpha value is -1.83. The molecule has 2 fully saturated rings. The van der Waals surface area contributed by atoms with E-state index in [1.165, 1.54) is 30.8 Å². The second-order valence-corrected chi connectivity index (χ2v) is 8.71. The van der Waals surface area contributed by atoms with Crippen molar-refractivity contribution in [2.45, 2.75) is 44.2 Å². The molecule has 0 amide bonds. The van der Waals surface area contributed by atoms with Gasteiger partial charge in [0.15, 0.2) is 5.96 Å². The average molecular weight is 417 g/mol. The van der Waals surface area contributed by atoms with Gasteiger partial charge in [0.1, 0.15) is 5.76 Å². The summed E-state index contributed by atoms with van der Waals surface area (Å²) < 4.78 is 11.2. The van der Waals surface area contributed by atoms with Crippen LogP contribution in [0.1, 0.15) is 42.4 Å². The Kier molecular flexibility index (Phi) is 7.62. The minimum absolute atomic E-state index is 0.291. The maximum absolute atomic E-state index is 5.77. The molecule has 2 aliphatic heterocycles. The van der Waals surface area contributed by atoms with Crippen LogP contribution < -0.4 is 10.6 Å². The Labute approximate surface area is 177 Å². The molecule has 4 heterocycles. The third-order valence-corrected chi connectivity index (χ3v) is 6.61. The third-order valence-electron chi connectivity index (χ3n) is 5.64. The van der Waals surface area contributed by atoms with E-state index in [0.29, 0.717) is 12.1 Å². The number of hydrogen-bond donors (Lipinski definition) is 2. The SMILES string of the molecule is c1coc(CCNC(=NCC(c2cccs2)N2CCCC2)NCC2CCCO2)c1. The van der Waals surface area contributed by atoms with Gasteiger partial charge in [-0.3, -0.25) is 9.89 Å². The predicted molar refractivity (Wildman–Crippen MR) is 118 cm³/mol. The van der Waals surface area contributed by atoms with Crippen LogP contribution in [-0.4, -0.2) is 56.3 Å². The molecule has 158 valence electrons. The molecule has 0 bridgehead atoms. The molecule has 0 radical (unpaired) electrons. The zero-order valence-corrected chi connectivity index (χ0v) is 17.8. The summed E-state index contributed by atoms with van der Waals surface area (Å²) in [6, 6.07) is 8.70. The molecule has 7 heteroatoms. The van der Waals surface area contributed by atoms with Crippen molar-refractivity contribution in [1.29, 1.82) is 0 Å². The molecule has 2 aromatic heterocycles. The van der Waals surface area contributed by atoms with Crippen molar-refractivity contribution < 1.29 is 9.15 Å². The molecule has 2 N–H and O–H groups in total. The van der Waals surface area contributed by atoms with Gasteiger partial charge in [-0.05, 0) is 62.4 Å². The summed E-state index contributed by atoms with van der Waals surface area (Å²) in [4.78, 5) is 8.96. The molecular formula is C22H32N4O2S. The van der Waals surface area contributed by atoms with E-state index in [9.17, 15) is 0 Å². The van der Waals surface area contributed by atoms with Crippen molar-refractivity contribution in [3.05, 3.63) is 46.5 Å². The lowest BCUT2D eigenvalue weighted by atomic mass is 10.2. The van der Waals surface area contributed by atoms with E-state index in [1.54, 1.807) is 6.26 Å². The fourth-order valence-corrected chi connectivity index (χ4v) is 4.90. The molecule has 4 rings (SSSR count). The normalized spacial score (nSPS) is 21.5. The lowest BCUT2D eigenvalue weighted by Crippen LogP contribution is -2.42. The van der Waals surface area contributed by atoms with Crippen LogP contribution in [0.2, 0.25) is 0 Å². The second kappa shape index (κ2) is 10.8. The molecule has 6 nitrogen and oxygen atoms in total. The van der Waals surface area contributed by atoms with Crippen molar-refractivity contribution in [2.24, 2.45) is 4.99 Å². The Balaban J connectivity index is 1.38. The minimum Gasteiger partial charge on any atom is -0.469 e. The van der Waals surface area contributed by atoms with Crippen LogP contribution in [-0.2, 0) is 11.2 Å². The summed E-state index contributed by atoms with van der Waals surface area (Å²) >= 11 is 1.84. The highest BCUT2D eigenvalue weighted by Crippen LogP contribution is 2.28. The first-order valence-electron chi connectivity index (χ1n) is 10.8. The smallest absolute Gasteiger partial charge is 0.191 e. The van der Waals surface area contributed by atoms with Crippen LogP contribution in [0.3, 0.4) is 0 Å². The number of nitrogens with zero attached hydrogens (tertiary/aromatic N) is 2. The maximum atomic E-state index is 5.77. The molecule has 2 saturated heterocycles. The highest BCUT2D eigenvalue weighted by atomic mass is 32.1. The predicted octanol–water partition coefficient (Wildman–Crippen LogP) is 3.43. The first-order valence-corrected chi connectivity index (χ1v) is 11.7. The van der Waals surface area contributed by atoms with Crippen molar-refractivity contribution in [1.82, 2.24) is 15.5 Å². The van der Waals surface area contributed by atoms with Crippen molar-refractivity contribution in [3.63, 3.8) is 0 Å². The highest BCUT2D eigenvalue weighted by molar-refractivity contribution is 7.10. The number of likely N-dealkylation sites (tertiary alicyclic amines) is 1. The quantitative estimate of drug-likeness (QED) is 0.484. The van der Waals surface area contributed by atoms with Gasteiger partial charge in [0, 0.05) is 31.0 Å². The topological polar surface area (TPSA) is 62.0 Å². The minimum atomic E-state index is 0.291. The number of hydrogen-bond acceptors (Lipinski definition) is 5. The number of rotatable bonds is 9. The standard InChI is InChI=1S/C22H32N4O2S/c1-2-12-26(11-1)20(21-8-5-15-29-21)17-25-22(24-16-19-7-4-14-28-19)23-10-9-18-6-3-13-27-18/h3,5-6,8,13,15,19-20H,1-2,4,7,9-12,14,16-17H2,(H2,23,24,25). The molecule has 0 aliphatic carbocycles. The van der Waals surface area contributed by atoms with E-state index < -0.39 is 0 Å². The molecule has 0 spiro atoms. The van der Waals surface area contributed by atoms with E-state index in [2.05, 4.69) is 33.0 Å². The first-order chi connectivity index (χ1) is 14.4. The van der Waals surface area contributed by atoms with Gasteiger partial charge in [0.05, 0.1) is 25.0 Å². The Morgan fingerprint density at radius 2 is 2.14 bits per heavy atom. The van der Waals surface area contributed by atoms with Crippen molar-refractivity contribution in [3.8, 4) is 0 Å². The fraction of sp³-hybridized carbons (Fsp3) is 0.591. The van der Waals surface area contributed by atoms with E-state index in [4.69, 9.17) is 14.1 Å². The molecule has 2 atom stereocenters. The highest BCUT2D eigenvalue weighted by Gasteiger charge is 2.24. The van der Waals surface area contributed by atoms with Gasteiger partial charge < -0.3 is 19.8 Å². The molecule has 2 aromatic rings. The van der Waals surface area contributed by atoms with Crippen LogP contribution in [0, 0.1) is 0 Å². The zero-order valence-electron chi connectivity index (χ0n) is 17.0. The monoisotopic (exact) mass is 416 g/mol. The Morgan fingerprint density at radius 1 is 1.21 bits per heavy atom. The molecular weight excluding hydrogens is 384 g/mol. The number of thiophene rings is 1. The van der Waals surface area contributed by atoms with Crippen LogP contribution >= 0.6 is 11.3 Å². The fourth-order valence-electron chi connectivity index (χ4n) is 4.05. The second-order valence-electron chi connectivity index (χ2n) is 7.74. The Morgan fingerprint density at radius 3 is 2.86 bits per heavy atom. The van der Waals surface area contributed by atoms with Gasteiger partial charge in [-0.25, -0.2) is 0 Å². The van der Waals surface area contributed by atoms with Crippen LogP contribution in [0.4, 0.5) is 0 Å². The maximum Gasteiger partial charge on any atom is 0.191 e. The van der Waals surface area contributed by atoms with Gasteiger partial charge >= 0.3 is 0 Å². The summed E-state index contributed by atoms with van der Waals surface area (Å²) in [5.41, 5.74) is 0. The van der Waals surface area contributed by atoms with Crippen LogP contribution in [0.5, 0.6) is 0 Å². The number of aliphatic imine (C=N–C) groups is 1. The third kappa shape index (κ3) is 6.07. The molecule has 2 unspecified atom stereocenters. The lowest BCUT2D eigenvalue weighted by molar-refractivity contribution is 0.113. The summed E-state index contributed by atoms with van der Waals surface area (Å²) in [5.74, 6) is 1.86. The van der Waals surface area contributed by atoms with Gasteiger partial charge in [0.25, 0.3) is 0 Å². The van der Waals surface area contributed by atoms with Crippen molar-refractivity contribution in [2.75, 3.05) is 39.3 Å². The Bertz CT molecular complexity index is 720. The van der Waals surface area contributed by atoms with Gasteiger partial charge in [-0.15, -0.1) is 11.3 Å². The van der Waals surface area contributed by atoms with E-state index in [0.717, 1.165) is 57.2 Å². The summed E-state index contributed by atoms with van der Waals surface area (Å²) in [5, 5.41) is 9.15. The van der Waals surface area contributed by atoms with Crippen LogP contribution in [0.15, 0.2) is 45.3 Å². The summed E-state index contributed by atoms with van der Waals surface area (Å²) in [7, 11) is 0. The molecule has 29 heavy (non-hydrogen) atoms. The van der Waals surface area contributed by atoms with Gasteiger partial charge in [-0.1, -0.05) is 6.07 Å². The zero-order chi connectivity index (χ0) is 19.7. The largest absolute Gasteiger partial charge is 0.469 e. The number of furan rings is 1. The van der Waals surface area contributed by atoms with E-state index in [-0.39, 0.29) is 0 Å². The summed E-state index contributed by atoms with van der Waals surface area (Å²) in [6.45, 7) is 5.58. The van der Waals surface area contributed by atoms with E-state index in [1.807, 2.05) is 23.5 Å². The van der Waals surface area contributed by atoms with Gasteiger partial charge in [-0.2, -0.15) is 0 Å². The number of guanidine groups is 1.